The lowest BCUT2D eigenvalue weighted by Crippen LogP contribution is -2.53. The number of amides is 1. The number of nitrogens with zero attached hydrogens (tertiary/aromatic N) is 2. The normalized spacial score (nSPS) is 18.2. The second kappa shape index (κ2) is 7.95. The van der Waals surface area contributed by atoms with Crippen LogP contribution in [0.3, 0.4) is 0 Å². The summed E-state index contributed by atoms with van der Waals surface area (Å²) >= 11 is 9.59. The largest absolute Gasteiger partial charge is 0.365 e. The van der Waals surface area contributed by atoms with Crippen molar-refractivity contribution in [2.75, 3.05) is 24.5 Å². The summed E-state index contributed by atoms with van der Waals surface area (Å²) in [5.41, 5.74) is 4.97. The predicted octanol–water partition coefficient (Wildman–Crippen LogP) is 6.33. The summed E-state index contributed by atoms with van der Waals surface area (Å²) in [4.78, 5) is 21.0. The Labute approximate surface area is 190 Å². The van der Waals surface area contributed by atoms with Crippen LogP contribution >= 0.6 is 34.7 Å². The van der Waals surface area contributed by atoms with Gasteiger partial charge >= 0.3 is 0 Å². The minimum absolute atomic E-state index is 0.158. The highest BCUT2D eigenvalue weighted by Crippen LogP contribution is 2.46. The van der Waals surface area contributed by atoms with Crippen LogP contribution < -0.4 is 4.90 Å². The van der Waals surface area contributed by atoms with E-state index in [0.717, 1.165) is 35.3 Å². The molecule has 3 nitrogen and oxygen atoms in total. The van der Waals surface area contributed by atoms with E-state index in [1.54, 1.807) is 23.1 Å². The fourth-order valence-electron chi connectivity index (χ4n) is 4.32. The molecular weight excluding hydrogens is 432 g/mol. The van der Waals surface area contributed by atoms with Gasteiger partial charge in [-0.3, -0.25) is 4.79 Å². The highest BCUT2D eigenvalue weighted by Gasteiger charge is 2.30. The van der Waals surface area contributed by atoms with Gasteiger partial charge in [-0.15, -0.1) is 23.1 Å². The smallest absolute Gasteiger partial charge is 0.264 e. The number of hydrogen-bond donors (Lipinski definition) is 0. The van der Waals surface area contributed by atoms with Gasteiger partial charge in [-0.1, -0.05) is 29.8 Å². The molecule has 154 valence electrons. The molecule has 2 aliphatic heterocycles. The molecule has 0 saturated carbocycles. The monoisotopic (exact) mass is 454 g/mol. The van der Waals surface area contributed by atoms with Crippen LogP contribution in [0.5, 0.6) is 0 Å². The number of thioether (sulfide) groups is 1. The molecule has 2 aliphatic rings. The third-order valence-electron chi connectivity index (χ3n) is 5.84. The second-order valence-corrected chi connectivity index (χ2v) is 10.5. The van der Waals surface area contributed by atoms with Gasteiger partial charge in [0.05, 0.1) is 4.88 Å². The summed E-state index contributed by atoms with van der Waals surface area (Å²) in [5.74, 6) is 1.05. The maximum atomic E-state index is 13.3. The molecule has 5 rings (SSSR count). The highest BCUT2D eigenvalue weighted by molar-refractivity contribution is 7.98. The zero-order valence-corrected chi connectivity index (χ0v) is 19.4. The van der Waals surface area contributed by atoms with Gasteiger partial charge in [-0.2, -0.15) is 0 Å². The van der Waals surface area contributed by atoms with Gasteiger partial charge in [-0.25, -0.2) is 0 Å². The fourth-order valence-corrected chi connectivity index (χ4v) is 6.97. The number of piperazine rings is 1. The van der Waals surface area contributed by atoms with Crippen molar-refractivity contribution >= 4 is 46.3 Å². The molecule has 3 heterocycles. The molecule has 1 fully saturated rings. The number of aryl methyl sites for hydroxylation is 1. The number of halogens is 1. The second-order valence-electron chi connectivity index (χ2n) is 8.03. The molecule has 1 amide bonds. The van der Waals surface area contributed by atoms with Gasteiger partial charge in [0.25, 0.3) is 5.91 Å². The first-order valence-electron chi connectivity index (χ1n) is 10.2. The van der Waals surface area contributed by atoms with Gasteiger partial charge in [-0.05, 0) is 55.3 Å². The zero-order chi connectivity index (χ0) is 20.8. The van der Waals surface area contributed by atoms with Crippen LogP contribution in [0.25, 0.3) is 10.4 Å². The first kappa shape index (κ1) is 20.0. The molecule has 0 bridgehead atoms. The first-order chi connectivity index (χ1) is 14.5. The van der Waals surface area contributed by atoms with Crippen molar-refractivity contribution in [2.45, 2.75) is 30.5 Å². The Morgan fingerprint density at radius 1 is 1.13 bits per heavy atom. The van der Waals surface area contributed by atoms with E-state index in [4.69, 9.17) is 11.6 Å². The van der Waals surface area contributed by atoms with Crippen molar-refractivity contribution in [3.8, 4) is 10.4 Å². The summed E-state index contributed by atoms with van der Waals surface area (Å²) in [6.45, 7) is 6.68. The minimum atomic E-state index is 0.158. The molecule has 6 heteroatoms. The quantitative estimate of drug-likeness (QED) is 0.451. The molecule has 0 radical (unpaired) electrons. The third-order valence-corrected chi connectivity index (χ3v) is 8.38. The summed E-state index contributed by atoms with van der Waals surface area (Å²) < 4.78 is 0. The molecule has 1 atom stereocenters. The van der Waals surface area contributed by atoms with Crippen molar-refractivity contribution < 1.29 is 4.79 Å². The van der Waals surface area contributed by atoms with Crippen molar-refractivity contribution in [1.29, 1.82) is 0 Å². The SMILES string of the molecule is Cc1cccc(N2CCN(C(=O)c3cc4c(s3)-c3ccc(Cl)cc3SC4)CC2C)c1. The average Bonchev–Trinajstić information content (AvgIpc) is 3.17. The summed E-state index contributed by atoms with van der Waals surface area (Å²) in [6.07, 6.45) is 0. The van der Waals surface area contributed by atoms with E-state index in [0.29, 0.717) is 0 Å². The number of benzene rings is 2. The fraction of sp³-hybridized carbons (Fsp3) is 0.292. The van der Waals surface area contributed by atoms with E-state index < -0.39 is 0 Å². The van der Waals surface area contributed by atoms with E-state index >= 15 is 0 Å². The Morgan fingerprint density at radius 2 is 2.00 bits per heavy atom. The number of thiophene rings is 1. The molecule has 0 aliphatic carbocycles. The number of rotatable bonds is 2. The molecular formula is C24H23ClN2OS2. The minimum Gasteiger partial charge on any atom is -0.365 e. The maximum Gasteiger partial charge on any atom is 0.264 e. The maximum absolute atomic E-state index is 13.3. The van der Waals surface area contributed by atoms with Crippen LogP contribution in [-0.4, -0.2) is 36.5 Å². The predicted molar refractivity (Wildman–Crippen MR) is 128 cm³/mol. The van der Waals surface area contributed by atoms with Crippen LogP contribution in [0.1, 0.15) is 27.7 Å². The summed E-state index contributed by atoms with van der Waals surface area (Å²) in [5, 5.41) is 0.762. The van der Waals surface area contributed by atoms with Crippen molar-refractivity contribution in [3.05, 3.63) is 69.6 Å². The van der Waals surface area contributed by atoms with E-state index in [9.17, 15) is 4.79 Å². The van der Waals surface area contributed by atoms with E-state index in [1.165, 1.54) is 32.2 Å². The molecule has 1 unspecified atom stereocenters. The van der Waals surface area contributed by atoms with Crippen LogP contribution in [0.4, 0.5) is 5.69 Å². The lowest BCUT2D eigenvalue weighted by Gasteiger charge is -2.41. The van der Waals surface area contributed by atoms with Crippen molar-refractivity contribution in [3.63, 3.8) is 0 Å². The van der Waals surface area contributed by atoms with Gasteiger partial charge in [0.1, 0.15) is 0 Å². The Morgan fingerprint density at radius 3 is 2.80 bits per heavy atom. The third kappa shape index (κ3) is 3.64. The van der Waals surface area contributed by atoms with Gasteiger partial charge in [0.2, 0.25) is 0 Å². The number of anilines is 1. The van der Waals surface area contributed by atoms with Crippen LogP contribution in [0.15, 0.2) is 53.4 Å². The Balaban J connectivity index is 1.35. The van der Waals surface area contributed by atoms with Gasteiger partial charge in [0.15, 0.2) is 0 Å². The highest BCUT2D eigenvalue weighted by atomic mass is 35.5. The number of fused-ring (bicyclic) bond motifs is 3. The molecule has 0 spiro atoms. The number of carbonyl (C=O) groups excluding carboxylic acids is 1. The van der Waals surface area contributed by atoms with E-state index in [2.05, 4.69) is 55.1 Å². The molecule has 2 aromatic carbocycles. The molecule has 1 saturated heterocycles. The van der Waals surface area contributed by atoms with Crippen molar-refractivity contribution in [1.82, 2.24) is 4.90 Å². The lowest BCUT2D eigenvalue weighted by molar-refractivity contribution is 0.0731. The Bertz CT molecular complexity index is 1130. The Kier molecular flexibility index (Phi) is 5.30. The summed E-state index contributed by atoms with van der Waals surface area (Å²) in [6, 6.07) is 17.0. The van der Waals surface area contributed by atoms with Gasteiger partial charge in [0, 0.05) is 57.5 Å². The van der Waals surface area contributed by atoms with Gasteiger partial charge < -0.3 is 9.80 Å². The van der Waals surface area contributed by atoms with Crippen LogP contribution in [0, 0.1) is 6.92 Å². The van der Waals surface area contributed by atoms with Crippen molar-refractivity contribution in [2.24, 2.45) is 0 Å². The molecule has 1 aromatic heterocycles. The van der Waals surface area contributed by atoms with E-state index in [-0.39, 0.29) is 11.9 Å². The zero-order valence-electron chi connectivity index (χ0n) is 17.0. The molecule has 0 N–H and O–H groups in total. The topological polar surface area (TPSA) is 23.6 Å². The van der Waals surface area contributed by atoms with E-state index in [1.807, 2.05) is 17.0 Å². The first-order valence-corrected chi connectivity index (χ1v) is 12.4. The molecule has 30 heavy (non-hydrogen) atoms. The number of carbonyl (C=O) groups is 1. The standard InChI is InChI=1S/C24H23ClN2OS2/c1-15-4-3-5-19(10-15)27-9-8-26(13-16(27)2)24(28)22-11-17-14-29-21-12-18(25)6-7-20(21)23(17)30-22/h3-7,10-12,16H,8-9,13-14H2,1-2H3. The average molecular weight is 455 g/mol. The lowest BCUT2D eigenvalue weighted by atomic mass is 10.1. The number of hydrogen-bond acceptors (Lipinski definition) is 4. The summed E-state index contributed by atoms with van der Waals surface area (Å²) in [7, 11) is 0. The van der Waals surface area contributed by atoms with Crippen LogP contribution in [0.2, 0.25) is 5.02 Å². The van der Waals surface area contributed by atoms with Crippen LogP contribution in [-0.2, 0) is 5.75 Å². The Hall–Kier alpha value is -1.95. The molecule has 3 aromatic rings.